The highest BCUT2D eigenvalue weighted by molar-refractivity contribution is 5.93. The van der Waals surface area contributed by atoms with Crippen molar-refractivity contribution in [3.8, 4) is 11.8 Å². The second-order valence-corrected chi connectivity index (χ2v) is 6.63. The normalized spacial score (nSPS) is 10.6. The van der Waals surface area contributed by atoms with Gasteiger partial charge in [0.15, 0.2) is 5.82 Å². The van der Waals surface area contributed by atoms with Crippen LogP contribution in [0.25, 0.3) is 0 Å². The van der Waals surface area contributed by atoms with E-state index >= 15 is 0 Å². The SMILES string of the molecule is COc1ccccc1CC(=O)N(NCC(C)C)c1ccnc(C#N)n1.O=C(O)C(F)(F)F. The fourth-order valence-corrected chi connectivity index (χ4v) is 2.19. The Morgan fingerprint density at radius 1 is 1.28 bits per heavy atom. The molecule has 0 aliphatic carbocycles. The van der Waals surface area contributed by atoms with Crippen LogP contribution in [0.3, 0.4) is 0 Å². The zero-order valence-electron chi connectivity index (χ0n) is 17.6. The summed E-state index contributed by atoms with van der Waals surface area (Å²) in [5.74, 6) is -1.62. The molecule has 9 nitrogen and oxygen atoms in total. The molecule has 0 aliphatic heterocycles. The summed E-state index contributed by atoms with van der Waals surface area (Å²) in [6.45, 7) is 4.66. The fraction of sp³-hybridized carbons (Fsp3) is 0.350. The van der Waals surface area contributed by atoms with Crippen molar-refractivity contribution in [2.45, 2.75) is 26.4 Å². The van der Waals surface area contributed by atoms with Crippen molar-refractivity contribution < 1.29 is 32.6 Å². The summed E-state index contributed by atoms with van der Waals surface area (Å²) in [7, 11) is 1.57. The van der Waals surface area contributed by atoms with Crippen LogP contribution in [0.2, 0.25) is 0 Å². The predicted molar refractivity (Wildman–Crippen MR) is 107 cm³/mol. The number of hydrogen-bond donors (Lipinski definition) is 2. The van der Waals surface area contributed by atoms with Crippen molar-refractivity contribution in [2.24, 2.45) is 5.92 Å². The first kappa shape index (κ1) is 26.3. The summed E-state index contributed by atoms with van der Waals surface area (Å²) in [5, 5.41) is 17.5. The summed E-state index contributed by atoms with van der Waals surface area (Å²) in [6, 6.07) is 10.8. The molecule has 1 aromatic heterocycles. The maximum absolute atomic E-state index is 12.9. The monoisotopic (exact) mass is 453 g/mol. The zero-order chi connectivity index (χ0) is 24.3. The van der Waals surface area contributed by atoms with Crippen LogP contribution in [0, 0.1) is 17.2 Å². The van der Waals surface area contributed by atoms with Crippen LogP contribution in [0.5, 0.6) is 5.75 Å². The second kappa shape index (κ2) is 12.2. The van der Waals surface area contributed by atoms with Gasteiger partial charge in [0.25, 0.3) is 0 Å². The highest BCUT2D eigenvalue weighted by Gasteiger charge is 2.38. The van der Waals surface area contributed by atoms with E-state index in [1.165, 1.54) is 11.2 Å². The lowest BCUT2D eigenvalue weighted by Gasteiger charge is -2.24. The van der Waals surface area contributed by atoms with Gasteiger partial charge in [-0.15, -0.1) is 0 Å². The number of halogens is 3. The lowest BCUT2D eigenvalue weighted by molar-refractivity contribution is -0.192. The van der Waals surface area contributed by atoms with E-state index in [2.05, 4.69) is 15.4 Å². The number of nitriles is 1. The molecule has 12 heteroatoms. The number of amides is 1. The second-order valence-electron chi connectivity index (χ2n) is 6.63. The van der Waals surface area contributed by atoms with Gasteiger partial charge in [0, 0.05) is 24.4 Å². The number of methoxy groups -OCH3 is 1. The van der Waals surface area contributed by atoms with Gasteiger partial charge in [0.2, 0.25) is 11.7 Å². The van der Waals surface area contributed by atoms with Gasteiger partial charge in [-0.05, 0) is 12.0 Å². The Morgan fingerprint density at radius 2 is 1.91 bits per heavy atom. The molecule has 32 heavy (non-hydrogen) atoms. The first-order valence-electron chi connectivity index (χ1n) is 9.21. The van der Waals surface area contributed by atoms with Crippen LogP contribution in [-0.4, -0.2) is 46.8 Å². The van der Waals surface area contributed by atoms with Crippen molar-refractivity contribution in [1.82, 2.24) is 15.4 Å². The summed E-state index contributed by atoms with van der Waals surface area (Å²) >= 11 is 0. The molecule has 0 saturated heterocycles. The van der Waals surface area contributed by atoms with E-state index in [1.807, 2.05) is 44.2 Å². The Kier molecular flexibility index (Phi) is 10.0. The Bertz CT molecular complexity index is 961. The van der Waals surface area contributed by atoms with Gasteiger partial charge in [0.1, 0.15) is 11.8 Å². The third-order valence-electron chi connectivity index (χ3n) is 3.65. The lowest BCUT2D eigenvalue weighted by Crippen LogP contribution is -2.46. The van der Waals surface area contributed by atoms with Gasteiger partial charge >= 0.3 is 12.1 Å². The molecule has 2 rings (SSSR count). The number of rotatable bonds is 7. The van der Waals surface area contributed by atoms with Gasteiger partial charge in [-0.25, -0.2) is 20.2 Å². The lowest BCUT2D eigenvalue weighted by atomic mass is 10.1. The number of nitrogens with zero attached hydrogens (tertiary/aromatic N) is 4. The number of anilines is 1. The molecule has 172 valence electrons. The molecule has 1 heterocycles. The number of para-hydroxylation sites is 1. The largest absolute Gasteiger partial charge is 0.496 e. The number of hydrogen-bond acceptors (Lipinski definition) is 7. The number of carboxylic acids is 1. The average Bonchev–Trinajstić information content (AvgIpc) is 2.74. The molecule has 0 spiro atoms. The molecule has 2 aromatic rings. The Hall–Kier alpha value is -3.72. The van der Waals surface area contributed by atoms with E-state index in [9.17, 15) is 18.0 Å². The van der Waals surface area contributed by atoms with Gasteiger partial charge in [-0.3, -0.25) is 4.79 Å². The summed E-state index contributed by atoms with van der Waals surface area (Å²) in [4.78, 5) is 29.7. The molecule has 0 saturated carbocycles. The molecule has 2 N–H and O–H groups in total. The number of aromatic nitrogens is 2. The van der Waals surface area contributed by atoms with E-state index in [4.69, 9.17) is 19.9 Å². The van der Waals surface area contributed by atoms with E-state index in [0.717, 1.165) is 5.56 Å². The Labute approximate surface area is 182 Å². The maximum Gasteiger partial charge on any atom is 0.490 e. The van der Waals surface area contributed by atoms with E-state index in [0.29, 0.717) is 24.0 Å². The molecule has 0 radical (unpaired) electrons. The zero-order valence-corrected chi connectivity index (χ0v) is 17.6. The number of ether oxygens (including phenoxy) is 1. The molecular weight excluding hydrogens is 431 g/mol. The van der Waals surface area contributed by atoms with Crippen LogP contribution in [0.15, 0.2) is 36.5 Å². The number of hydrazine groups is 1. The Balaban J connectivity index is 0.000000633. The predicted octanol–water partition coefficient (Wildman–Crippen LogP) is 2.73. The first-order chi connectivity index (χ1) is 15.0. The molecule has 0 aliphatic rings. The van der Waals surface area contributed by atoms with Crippen LogP contribution in [0.4, 0.5) is 19.0 Å². The molecule has 1 amide bonds. The van der Waals surface area contributed by atoms with Gasteiger partial charge in [0.05, 0.1) is 13.5 Å². The van der Waals surface area contributed by atoms with Crippen molar-refractivity contribution in [1.29, 1.82) is 5.26 Å². The van der Waals surface area contributed by atoms with E-state index in [-0.39, 0.29) is 18.2 Å². The number of aliphatic carboxylic acids is 1. The molecular formula is C20H22F3N5O4. The summed E-state index contributed by atoms with van der Waals surface area (Å²) < 4.78 is 37.0. The van der Waals surface area contributed by atoms with Crippen molar-refractivity contribution in [2.75, 3.05) is 18.7 Å². The van der Waals surface area contributed by atoms with Crippen LogP contribution >= 0.6 is 0 Å². The smallest absolute Gasteiger partial charge is 0.490 e. The maximum atomic E-state index is 12.9. The van der Waals surface area contributed by atoms with Crippen molar-refractivity contribution in [3.63, 3.8) is 0 Å². The van der Waals surface area contributed by atoms with Gasteiger partial charge in [-0.1, -0.05) is 32.0 Å². The fourth-order valence-electron chi connectivity index (χ4n) is 2.19. The Morgan fingerprint density at radius 3 is 2.44 bits per heavy atom. The number of carbonyl (C=O) groups is 2. The standard InChI is InChI=1S/C18H21N5O2.C2HF3O2/c1-13(2)12-21-23(17-8-9-20-16(11-19)22-17)18(24)10-14-6-4-5-7-15(14)25-3;3-2(4,5)1(6)7/h4-9,13,21H,10,12H2,1-3H3;(H,6,7). The minimum Gasteiger partial charge on any atom is -0.496 e. The number of nitrogens with one attached hydrogen (secondary N) is 1. The quantitative estimate of drug-likeness (QED) is 0.613. The highest BCUT2D eigenvalue weighted by atomic mass is 19.4. The number of benzene rings is 1. The van der Waals surface area contributed by atoms with Crippen molar-refractivity contribution >= 4 is 17.7 Å². The number of carbonyl (C=O) groups excluding carboxylic acids is 1. The topological polar surface area (TPSA) is 128 Å². The third-order valence-corrected chi connectivity index (χ3v) is 3.65. The van der Waals surface area contributed by atoms with Crippen LogP contribution < -0.4 is 15.2 Å². The molecule has 0 bridgehead atoms. The minimum atomic E-state index is -5.08. The molecule has 0 atom stereocenters. The summed E-state index contributed by atoms with van der Waals surface area (Å²) in [5.41, 5.74) is 3.87. The average molecular weight is 453 g/mol. The number of carboxylic acid groups (broad SMARTS) is 1. The minimum absolute atomic E-state index is 0.0129. The molecule has 0 unspecified atom stereocenters. The molecule has 0 fully saturated rings. The van der Waals surface area contributed by atoms with Crippen molar-refractivity contribution in [3.05, 3.63) is 47.9 Å². The van der Waals surface area contributed by atoms with Gasteiger partial charge < -0.3 is 9.84 Å². The van der Waals surface area contributed by atoms with E-state index < -0.39 is 12.1 Å². The van der Waals surface area contributed by atoms with Gasteiger partial charge in [-0.2, -0.15) is 23.4 Å². The first-order valence-corrected chi connectivity index (χ1v) is 9.21. The molecule has 1 aromatic carbocycles. The highest BCUT2D eigenvalue weighted by Crippen LogP contribution is 2.19. The summed E-state index contributed by atoms with van der Waals surface area (Å²) in [6.07, 6.45) is -3.48. The third kappa shape index (κ3) is 8.57. The number of alkyl halides is 3. The van der Waals surface area contributed by atoms with Crippen LogP contribution in [0.1, 0.15) is 25.2 Å². The van der Waals surface area contributed by atoms with Crippen LogP contribution in [-0.2, 0) is 16.0 Å². The van der Waals surface area contributed by atoms with E-state index in [1.54, 1.807) is 13.2 Å².